The molecular weight excluding hydrogens is 377 g/mol. The predicted octanol–water partition coefficient (Wildman–Crippen LogP) is 6.04. The number of nitrogens with one attached hydrogen (secondary N) is 1. The van der Waals surface area contributed by atoms with E-state index in [1.54, 1.807) is 0 Å². The van der Waals surface area contributed by atoms with Gasteiger partial charge in [-0.05, 0) is 42.8 Å². The molecular formula is C14H12Br2ClN. The molecule has 0 aliphatic carbocycles. The lowest BCUT2D eigenvalue weighted by Crippen LogP contribution is -2.07. The number of rotatable bonds is 3. The molecule has 2 aromatic rings. The Labute approximate surface area is 129 Å². The maximum atomic E-state index is 6.24. The van der Waals surface area contributed by atoms with Crippen LogP contribution in [-0.4, -0.2) is 0 Å². The van der Waals surface area contributed by atoms with Gasteiger partial charge in [-0.2, -0.15) is 0 Å². The van der Waals surface area contributed by atoms with Crippen molar-refractivity contribution < 1.29 is 0 Å². The second-order valence-corrected chi connectivity index (χ2v) is 6.28. The van der Waals surface area contributed by atoms with Crippen LogP contribution >= 0.6 is 43.5 Å². The minimum absolute atomic E-state index is 0.153. The summed E-state index contributed by atoms with van der Waals surface area (Å²) in [6.07, 6.45) is 0. The highest BCUT2D eigenvalue weighted by molar-refractivity contribution is 9.10. The van der Waals surface area contributed by atoms with E-state index in [-0.39, 0.29) is 6.04 Å². The topological polar surface area (TPSA) is 12.0 Å². The molecule has 0 radical (unpaired) electrons. The van der Waals surface area contributed by atoms with Crippen LogP contribution in [0.25, 0.3) is 0 Å². The predicted molar refractivity (Wildman–Crippen MR) is 85.3 cm³/mol. The average molecular weight is 390 g/mol. The van der Waals surface area contributed by atoms with E-state index in [2.05, 4.69) is 44.1 Å². The van der Waals surface area contributed by atoms with E-state index in [1.807, 2.05) is 42.5 Å². The largest absolute Gasteiger partial charge is 0.378 e. The molecule has 2 rings (SSSR count). The molecule has 0 aliphatic rings. The van der Waals surface area contributed by atoms with E-state index >= 15 is 0 Å². The zero-order valence-electron chi connectivity index (χ0n) is 9.75. The maximum absolute atomic E-state index is 6.24. The summed E-state index contributed by atoms with van der Waals surface area (Å²) < 4.78 is 2.05. The van der Waals surface area contributed by atoms with Crippen LogP contribution in [0.5, 0.6) is 0 Å². The van der Waals surface area contributed by atoms with Gasteiger partial charge in [0.25, 0.3) is 0 Å². The highest BCUT2D eigenvalue weighted by Gasteiger charge is 2.09. The minimum Gasteiger partial charge on any atom is -0.378 e. The van der Waals surface area contributed by atoms with E-state index in [0.717, 1.165) is 25.2 Å². The third-order valence-electron chi connectivity index (χ3n) is 2.64. The van der Waals surface area contributed by atoms with Gasteiger partial charge < -0.3 is 5.32 Å². The van der Waals surface area contributed by atoms with Crippen LogP contribution in [0.15, 0.2) is 51.4 Å². The Morgan fingerprint density at radius 3 is 2.44 bits per heavy atom. The van der Waals surface area contributed by atoms with Crippen LogP contribution in [0.3, 0.4) is 0 Å². The Bertz CT molecular complexity index is 557. The number of hydrogen-bond acceptors (Lipinski definition) is 1. The Hall–Kier alpha value is -0.510. The molecule has 0 spiro atoms. The molecule has 4 heteroatoms. The third kappa shape index (κ3) is 3.50. The molecule has 1 N–H and O–H groups in total. The lowest BCUT2D eigenvalue weighted by atomic mass is 10.1. The van der Waals surface area contributed by atoms with Gasteiger partial charge in [0.05, 0.1) is 0 Å². The number of anilines is 1. The second-order valence-electron chi connectivity index (χ2n) is 4.04. The molecule has 1 unspecified atom stereocenters. The molecule has 18 heavy (non-hydrogen) atoms. The summed E-state index contributed by atoms with van der Waals surface area (Å²) >= 11 is 13.1. The first-order valence-corrected chi connectivity index (χ1v) is 7.50. The van der Waals surface area contributed by atoms with E-state index in [1.165, 1.54) is 0 Å². The summed E-state index contributed by atoms with van der Waals surface area (Å²) in [5, 5.41) is 4.19. The van der Waals surface area contributed by atoms with Crippen LogP contribution in [0.1, 0.15) is 18.5 Å². The van der Waals surface area contributed by atoms with Gasteiger partial charge >= 0.3 is 0 Å². The van der Waals surface area contributed by atoms with Crippen LogP contribution < -0.4 is 5.32 Å². The van der Waals surface area contributed by atoms with E-state index in [9.17, 15) is 0 Å². The zero-order valence-corrected chi connectivity index (χ0v) is 13.7. The van der Waals surface area contributed by atoms with Gasteiger partial charge in [-0.3, -0.25) is 0 Å². The van der Waals surface area contributed by atoms with Gasteiger partial charge in [-0.1, -0.05) is 55.6 Å². The van der Waals surface area contributed by atoms with Crippen molar-refractivity contribution in [2.45, 2.75) is 13.0 Å². The number of hydrogen-bond donors (Lipinski definition) is 1. The van der Waals surface area contributed by atoms with Crippen molar-refractivity contribution in [3.63, 3.8) is 0 Å². The summed E-state index contributed by atoms with van der Waals surface area (Å²) in [4.78, 5) is 0. The summed E-state index contributed by atoms with van der Waals surface area (Å²) in [5.41, 5.74) is 2.15. The minimum atomic E-state index is 0.153. The van der Waals surface area contributed by atoms with Gasteiger partial charge in [0, 0.05) is 25.7 Å². The number of benzene rings is 2. The highest BCUT2D eigenvalue weighted by Crippen LogP contribution is 2.29. The summed E-state index contributed by atoms with van der Waals surface area (Å²) in [6.45, 7) is 2.09. The molecule has 0 saturated carbocycles. The molecule has 0 aliphatic heterocycles. The van der Waals surface area contributed by atoms with Crippen molar-refractivity contribution >= 4 is 49.1 Å². The number of halogens is 3. The van der Waals surface area contributed by atoms with Crippen molar-refractivity contribution in [3.8, 4) is 0 Å². The second kappa shape index (κ2) is 6.09. The molecule has 0 fully saturated rings. The van der Waals surface area contributed by atoms with Crippen molar-refractivity contribution in [1.29, 1.82) is 0 Å². The van der Waals surface area contributed by atoms with Gasteiger partial charge in [0.2, 0.25) is 0 Å². The van der Waals surface area contributed by atoms with Crippen molar-refractivity contribution in [3.05, 3.63) is 62.0 Å². The Kier molecular flexibility index (Phi) is 4.71. The van der Waals surface area contributed by atoms with Crippen LogP contribution in [-0.2, 0) is 0 Å². The first kappa shape index (κ1) is 13.9. The standard InChI is InChI=1S/C14H12Br2ClN/c1-9(13-6-5-11(16)8-14(13)17)18-12-4-2-3-10(15)7-12/h2-9,18H,1H3. The normalized spacial score (nSPS) is 12.2. The summed E-state index contributed by atoms with van der Waals surface area (Å²) in [7, 11) is 0. The third-order valence-corrected chi connectivity index (χ3v) is 3.95. The quantitative estimate of drug-likeness (QED) is 0.675. The Morgan fingerprint density at radius 1 is 1.06 bits per heavy atom. The highest BCUT2D eigenvalue weighted by atomic mass is 79.9. The van der Waals surface area contributed by atoms with Gasteiger partial charge in [0.1, 0.15) is 0 Å². The SMILES string of the molecule is CC(Nc1cccc(Br)c1)c1ccc(Br)cc1Cl. The van der Waals surface area contributed by atoms with Crippen molar-refractivity contribution in [2.24, 2.45) is 0 Å². The smallest absolute Gasteiger partial charge is 0.0500 e. The molecule has 1 nitrogen and oxygen atoms in total. The molecule has 0 aromatic heterocycles. The maximum Gasteiger partial charge on any atom is 0.0500 e. The molecule has 0 bridgehead atoms. The first-order chi connectivity index (χ1) is 8.56. The Morgan fingerprint density at radius 2 is 1.78 bits per heavy atom. The van der Waals surface area contributed by atoms with Gasteiger partial charge in [-0.15, -0.1) is 0 Å². The fourth-order valence-electron chi connectivity index (χ4n) is 1.76. The van der Waals surface area contributed by atoms with Crippen LogP contribution in [0.2, 0.25) is 5.02 Å². The van der Waals surface area contributed by atoms with Gasteiger partial charge in [-0.25, -0.2) is 0 Å². The monoisotopic (exact) mass is 387 g/mol. The van der Waals surface area contributed by atoms with E-state index < -0.39 is 0 Å². The fourth-order valence-corrected chi connectivity index (χ4v) is 3.00. The first-order valence-electron chi connectivity index (χ1n) is 5.53. The summed E-state index contributed by atoms with van der Waals surface area (Å²) in [6, 6.07) is 14.2. The average Bonchev–Trinajstić information content (AvgIpc) is 2.28. The van der Waals surface area contributed by atoms with Crippen molar-refractivity contribution in [2.75, 3.05) is 5.32 Å². The van der Waals surface area contributed by atoms with Crippen LogP contribution in [0.4, 0.5) is 5.69 Å². The van der Waals surface area contributed by atoms with Crippen LogP contribution in [0, 0.1) is 0 Å². The van der Waals surface area contributed by atoms with Gasteiger partial charge in [0.15, 0.2) is 0 Å². The fraction of sp³-hybridized carbons (Fsp3) is 0.143. The molecule has 1 atom stereocenters. The molecule has 94 valence electrons. The molecule has 0 amide bonds. The zero-order chi connectivity index (χ0) is 13.1. The lowest BCUT2D eigenvalue weighted by Gasteiger charge is -2.17. The molecule has 2 aromatic carbocycles. The van der Waals surface area contributed by atoms with E-state index in [4.69, 9.17) is 11.6 Å². The molecule has 0 saturated heterocycles. The Balaban J connectivity index is 2.19. The van der Waals surface area contributed by atoms with Crippen molar-refractivity contribution in [1.82, 2.24) is 0 Å². The lowest BCUT2D eigenvalue weighted by molar-refractivity contribution is 0.884. The molecule has 0 heterocycles. The summed E-state index contributed by atoms with van der Waals surface area (Å²) in [5.74, 6) is 0. The van der Waals surface area contributed by atoms with E-state index in [0.29, 0.717) is 0 Å².